The lowest BCUT2D eigenvalue weighted by molar-refractivity contribution is -0.115. The Labute approximate surface area is 215 Å². The predicted molar refractivity (Wildman–Crippen MR) is 140 cm³/mol. The number of hydrogen-bond acceptors (Lipinski definition) is 4. The van der Waals surface area contributed by atoms with E-state index in [4.69, 9.17) is 23.2 Å². The fourth-order valence-electron chi connectivity index (χ4n) is 4.19. The summed E-state index contributed by atoms with van der Waals surface area (Å²) in [6.07, 6.45) is 5.79. The molecule has 180 valence electrons. The number of anilines is 1. The summed E-state index contributed by atoms with van der Waals surface area (Å²) in [6.45, 7) is 0. The van der Waals surface area contributed by atoms with Gasteiger partial charge in [0, 0.05) is 17.5 Å². The highest BCUT2D eigenvalue weighted by atomic mass is 35.5. The maximum Gasteiger partial charge on any atom is 0.228 e. The summed E-state index contributed by atoms with van der Waals surface area (Å²) in [6, 6.07) is 17.5. The van der Waals surface area contributed by atoms with Gasteiger partial charge in [0.05, 0.1) is 33.0 Å². The van der Waals surface area contributed by atoms with Crippen molar-refractivity contribution in [3.63, 3.8) is 0 Å². The van der Waals surface area contributed by atoms with Gasteiger partial charge < -0.3 is 5.32 Å². The maximum atomic E-state index is 12.5. The first-order valence-electron chi connectivity index (χ1n) is 11.3. The molecule has 0 aliphatic heterocycles. The van der Waals surface area contributed by atoms with Gasteiger partial charge in [0.2, 0.25) is 5.91 Å². The van der Waals surface area contributed by atoms with Crippen LogP contribution in [-0.2, 0) is 27.5 Å². The summed E-state index contributed by atoms with van der Waals surface area (Å²) < 4.78 is 23.2. The second-order valence-electron chi connectivity index (χ2n) is 8.94. The average molecular weight is 527 g/mol. The van der Waals surface area contributed by atoms with Gasteiger partial charge in [-0.1, -0.05) is 66.7 Å². The van der Waals surface area contributed by atoms with Gasteiger partial charge in [-0.05, 0) is 59.4 Å². The Hall–Kier alpha value is -2.85. The number of nitrogens with zero attached hydrogens (tertiary/aromatic N) is 1. The molecule has 3 aromatic rings. The van der Waals surface area contributed by atoms with Crippen LogP contribution in [0.3, 0.4) is 0 Å². The first-order valence-corrected chi connectivity index (χ1v) is 13.9. The molecule has 1 amide bonds. The zero-order chi connectivity index (χ0) is 25.2. The first-order chi connectivity index (χ1) is 16.6. The maximum absolute atomic E-state index is 12.5. The topological polar surface area (TPSA) is 87.0 Å². The van der Waals surface area contributed by atoms with Gasteiger partial charge >= 0.3 is 0 Å². The molecule has 35 heavy (non-hydrogen) atoms. The molecule has 3 aromatic carbocycles. The second-order valence-corrected chi connectivity index (χ2v) is 11.8. The van der Waals surface area contributed by atoms with E-state index in [1.165, 1.54) is 31.4 Å². The largest absolute Gasteiger partial charge is 0.326 e. The van der Waals surface area contributed by atoms with Gasteiger partial charge in [0.25, 0.3) is 0 Å². The van der Waals surface area contributed by atoms with Crippen LogP contribution in [0.4, 0.5) is 5.69 Å². The summed E-state index contributed by atoms with van der Waals surface area (Å²) >= 11 is 13.1. The molecule has 4 rings (SSSR count). The lowest BCUT2D eigenvalue weighted by Gasteiger charge is -2.25. The van der Waals surface area contributed by atoms with Crippen LogP contribution >= 0.6 is 23.2 Å². The second kappa shape index (κ2) is 10.4. The molecule has 0 atom stereocenters. The Bertz CT molecular complexity index is 1400. The van der Waals surface area contributed by atoms with E-state index in [2.05, 4.69) is 11.4 Å². The number of benzene rings is 3. The van der Waals surface area contributed by atoms with E-state index in [-0.39, 0.29) is 17.2 Å². The number of hydrogen-bond donors (Lipinski definition) is 1. The van der Waals surface area contributed by atoms with E-state index < -0.39 is 9.84 Å². The van der Waals surface area contributed by atoms with E-state index in [9.17, 15) is 18.5 Å². The minimum atomic E-state index is -3.29. The van der Waals surface area contributed by atoms with Crippen LogP contribution in [0.5, 0.6) is 0 Å². The SMILES string of the molecule is CS(=O)(=O)c1ccc(CC(=O)Nc2cc(Cl)c(-c3ccc(CC4CCC4)c(C#N)c3)c(Cl)c2)cc1. The Morgan fingerprint density at radius 2 is 1.71 bits per heavy atom. The van der Waals surface area contributed by atoms with E-state index in [0.29, 0.717) is 38.3 Å². The lowest BCUT2D eigenvalue weighted by atomic mass is 9.80. The smallest absolute Gasteiger partial charge is 0.228 e. The van der Waals surface area contributed by atoms with Crippen molar-refractivity contribution in [3.05, 3.63) is 81.3 Å². The molecule has 0 saturated heterocycles. The molecular weight excluding hydrogens is 503 g/mol. The van der Waals surface area contributed by atoms with Crippen LogP contribution in [-0.4, -0.2) is 20.6 Å². The minimum Gasteiger partial charge on any atom is -0.326 e. The lowest BCUT2D eigenvalue weighted by Crippen LogP contribution is -2.14. The van der Waals surface area contributed by atoms with Crippen LogP contribution in [0.1, 0.15) is 36.0 Å². The zero-order valence-corrected chi connectivity index (χ0v) is 21.5. The number of nitriles is 1. The predicted octanol–water partition coefficient (Wildman–Crippen LogP) is 6.46. The summed E-state index contributed by atoms with van der Waals surface area (Å²) in [5.74, 6) is 0.366. The molecule has 1 aliphatic carbocycles. The number of halogens is 2. The molecule has 1 N–H and O–H groups in total. The minimum absolute atomic E-state index is 0.0645. The summed E-state index contributed by atoms with van der Waals surface area (Å²) in [7, 11) is -3.29. The molecule has 8 heteroatoms. The average Bonchev–Trinajstić information content (AvgIpc) is 2.76. The Kier molecular flexibility index (Phi) is 7.51. The molecule has 0 radical (unpaired) electrons. The van der Waals surface area contributed by atoms with Crippen LogP contribution < -0.4 is 5.32 Å². The third kappa shape index (κ3) is 6.05. The number of amides is 1. The first kappa shape index (κ1) is 25.2. The summed E-state index contributed by atoms with van der Waals surface area (Å²) in [4.78, 5) is 12.7. The molecule has 0 bridgehead atoms. The molecule has 1 aliphatic rings. The number of sulfone groups is 1. The number of carbonyl (C=O) groups excluding carboxylic acids is 1. The van der Waals surface area contributed by atoms with Gasteiger partial charge in [-0.15, -0.1) is 0 Å². The van der Waals surface area contributed by atoms with E-state index >= 15 is 0 Å². The molecule has 1 fully saturated rings. The van der Waals surface area contributed by atoms with Crippen LogP contribution in [0.15, 0.2) is 59.5 Å². The molecule has 0 spiro atoms. The van der Waals surface area contributed by atoms with Gasteiger partial charge in [-0.3, -0.25) is 4.79 Å². The van der Waals surface area contributed by atoms with Gasteiger partial charge in [-0.2, -0.15) is 5.26 Å². The van der Waals surface area contributed by atoms with Crippen LogP contribution in [0.2, 0.25) is 10.0 Å². The Morgan fingerprint density at radius 1 is 1.06 bits per heavy atom. The standard InChI is InChI=1S/C27H24Cl2N2O3S/c1-35(33,34)23-9-5-18(6-10-23)12-26(32)31-22-14-24(28)27(25(29)15-22)20-8-7-19(21(13-20)16-30)11-17-3-2-4-17/h5-10,13-15,17H,2-4,11-12H2,1H3,(H,31,32). The zero-order valence-electron chi connectivity index (χ0n) is 19.1. The van der Waals surface area contributed by atoms with Gasteiger partial charge in [0.1, 0.15) is 0 Å². The van der Waals surface area contributed by atoms with Crippen molar-refractivity contribution < 1.29 is 13.2 Å². The monoisotopic (exact) mass is 526 g/mol. The normalized spacial score (nSPS) is 13.7. The fraction of sp³-hybridized carbons (Fsp3) is 0.259. The highest BCUT2D eigenvalue weighted by Gasteiger charge is 2.20. The number of rotatable bonds is 7. The van der Waals surface area contributed by atoms with E-state index in [0.717, 1.165) is 23.8 Å². The number of carbonyl (C=O) groups is 1. The molecular formula is C27H24Cl2N2O3S. The van der Waals surface area contributed by atoms with Gasteiger partial charge in [-0.25, -0.2) is 8.42 Å². The molecule has 0 aromatic heterocycles. The highest BCUT2D eigenvalue weighted by molar-refractivity contribution is 7.90. The van der Waals surface area contributed by atoms with Crippen molar-refractivity contribution in [1.82, 2.24) is 0 Å². The third-order valence-corrected chi connectivity index (χ3v) is 8.02. The molecule has 1 saturated carbocycles. The fourth-order valence-corrected chi connectivity index (χ4v) is 5.52. The van der Waals surface area contributed by atoms with Crippen molar-refractivity contribution in [3.8, 4) is 17.2 Å². The Balaban J connectivity index is 1.49. The van der Waals surface area contributed by atoms with E-state index in [1.807, 2.05) is 18.2 Å². The highest BCUT2D eigenvalue weighted by Crippen LogP contribution is 2.39. The number of nitrogens with one attached hydrogen (secondary N) is 1. The quantitative estimate of drug-likeness (QED) is 0.382. The molecule has 0 unspecified atom stereocenters. The summed E-state index contributed by atoms with van der Waals surface area (Å²) in [5.41, 5.74) is 4.15. The molecule has 0 heterocycles. The van der Waals surface area contributed by atoms with Crippen LogP contribution in [0.25, 0.3) is 11.1 Å². The van der Waals surface area contributed by atoms with Crippen molar-refractivity contribution in [1.29, 1.82) is 5.26 Å². The van der Waals surface area contributed by atoms with Crippen molar-refractivity contribution in [2.45, 2.75) is 37.0 Å². The van der Waals surface area contributed by atoms with E-state index in [1.54, 1.807) is 24.3 Å². The van der Waals surface area contributed by atoms with Crippen LogP contribution in [0, 0.1) is 17.2 Å². The van der Waals surface area contributed by atoms with Crippen molar-refractivity contribution >= 4 is 44.6 Å². The van der Waals surface area contributed by atoms with Gasteiger partial charge in [0.15, 0.2) is 9.84 Å². The third-order valence-electron chi connectivity index (χ3n) is 6.29. The molecule has 5 nitrogen and oxygen atoms in total. The Morgan fingerprint density at radius 3 is 2.26 bits per heavy atom. The van der Waals surface area contributed by atoms with Crippen molar-refractivity contribution in [2.75, 3.05) is 11.6 Å². The summed E-state index contributed by atoms with van der Waals surface area (Å²) in [5, 5.41) is 13.2. The van der Waals surface area contributed by atoms with Crippen molar-refractivity contribution in [2.24, 2.45) is 5.92 Å².